The maximum Gasteiger partial charge on any atom is 0.416 e. The molecule has 1 aliphatic rings. The van der Waals surface area contributed by atoms with E-state index in [1.165, 1.54) is 11.4 Å². The highest BCUT2D eigenvalue weighted by atomic mass is 32.2. The summed E-state index contributed by atoms with van der Waals surface area (Å²) in [5.41, 5.74) is -0.856. The van der Waals surface area contributed by atoms with Crippen molar-refractivity contribution in [3.05, 3.63) is 54.6 Å². The minimum absolute atomic E-state index is 0.111. The van der Waals surface area contributed by atoms with Crippen molar-refractivity contribution in [3.63, 3.8) is 0 Å². The molecule has 2 rings (SSSR count). The van der Waals surface area contributed by atoms with E-state index in [0.29, 0.717) is 5.92 Å². The zero-order valence-corrected chi connectivity index (χ0v) is 17.7. The molecule has 4 nitrogen and oxygen atoms in total. The number of sulfonamides is 1. The van der Waals surface area contributed by atoms with Crippen LogP contribution in [-0.4, -0.2) is 50.8 Å². The number of halogens is 3. The van der Waals surface area contributed by atoms with Crippen molar-refractivity contribution in [1.29, 1.82) is 0 Å². The van der Waals surface area contributed by atoms with Gasteiger partial charge in [-0.3, -0.25) is 4.90 Å². The predicted molar refractivity (Wildman–Crippen MR) is 109 cm³/mol. The smallest absolute Gasteiger partial charge is 0.299 e. The van der Waals surface area contributed by atoms with Gasteiger partial charge in [0.25, 0.3) is 0 Å². The number of likely N-dealkylation sites (N-methyl/N-ethyl adjacent to an activating group) is 1. The molecule has 1 aliphatic carbocycles. The summed E-state index contributed by atoms with van der Waals surface area (Å²) in [6.45, 7) is 5.38. The van der Waals surface area contributed by atoms with E-state index in [9.17, 15) is 21.6 Å². The third-order valence-corrected chi connectivity index (χ3v) is 7.30. The Hall–Kier alpha value is -1.64. The molecule has 0 unspecified atom stereocenters. The lowest BCUT2D eigenvalue weighted by Crippen LogP contribution is -2.39. The Morgan fingerprint density at radius 3 is 2.17 bits per heavy atom. The molecular formula is C21H29F3N2O2S. The number of hydrogen-bond acceptors (Lipinski definition) is 3. The van der Waals surface area contributed by atoms with Crippen molar-refractivity contribution in [1.82, 2.24) is 9.21 Å². The number of nitrogens with zero attached hydrogens (tertiary/aromatic N) is 2. The number of hydrogen-bond donors (Lipinski definition) is 0. The first-order valence-electron chi connectivity index (χ1n) is 9.67. The van der Waals surface area contributed by atoms with Gasteiger partial charge in [-0.05, 0) is 62.9 Å². The topological polar surface area (TPSA) is 40.6 Å². The molecule has 0 N–H and O–H groups in total. The molecule has 0 atom stereocenters. The van der Waals surface area contributed by atoms with Gasteiger partial charge in [0.1, 0.15) is 0 Å². The van der Waals surface area contributed by atoms with Crippen molar-refractivity contribution in [2.24, 2.45) is 5.92 Å². The molecule has 1 fully saturated rings. The van der Waals surface area contributed by atoms with E-state index in [-0.39, 0.29) is 10.9 Å². The molecule has 8 heteroatoms. The Bertz CT molecular complexity index is 796. The summed E-state index contributed by atoms with van der Waals surface area (Å²) >= 11 is 0. The molecule has 0 saturated heterocycles. The maximum absolute atomic E-state index is 12.8. The summed E-state index contributed by atoms with van der Waals surface area (Å²) in [7, 11) is -0.291. The molecule has 0 aliphatic heterocycles. The molecule has 162 valence electrons. The normalized spacial score (nSPS) is 21.2. The van der Waals surface area contributed by atoms with Crippen LogP contribution in [0.5, 0.6) is 0 Å². The van der Waals surface area contributed by atoms with Crippen LogP contribution in [0.25, 0.3) is 0 Å². The third kappa shape index (κ3) is 6.42. The lowest BCUT2D eigenvalue weighted by molar-refractivity contribution is -0.137. The van der Waals surface area contributed by atoms with E-state index in [2.05, 4.69) is 23.6 Å². The molecule has 0 bridgehead atoms. The van der Waals surface area contributed by atoms with Gasteiger partial charge in [-0.2, -0.15) is 17.5 Å². The average Bonchev–Trinajstić information content (AvgIpc) is 2.67. The first kappa shape index (κ1) is 23.6. The summed E-state index contributed by atoms with van der Waals surface area (Å²) in [5, 5.41) is 0. The molecule has 0 radical (unpaired) electrons. The summed E-state index contributed by atoms with van der Waals surface area (Å²) in [5.74, 6) is 0.422. The fourth-order valence-electron chi connectivity index (χ4n) is 3.56. The second-order valence-corrected chi connectivity index (χ2v) is 9.55. The van der Waals surface area contributed by atoms with Gasteiger partial charge in [0.05, 0.1) is 10.5 Å². The third-order valence-electron chi connectivity index (χ3n) is 5.38. The molecule has 0 heterocycles. The lowest BCUT2D eigenvalue weighted by Gasteiger charge is -2.33. The Labute approximate surface area is 171 Å². The number of allylic oxidation sites excluding steroid dienone is 1. The Morgan fingerprint density at radius 1 is 1.07 bits per heavy atom. The summed E-state index contributed by atoms with van der Waals surface area (Å²) in [6, 6.07) is 3.54. The quantitative estimate of drug-likeness (QED) is 0.568. The van der Waals surface area contributed by atoms with Crippen LogP contribution in [-0.2, 0) is 16.2 Å². The zero-order valence-electron chi connectivity index (χ0n) is 16.9. The van der Waals surface area contributed by atoms with E-state index in [1.807, 2.05) is 13.1 Å². The standard InChI is InChI=1S/C21H29F3N2O2S/c1-4-15-25(2)16-5-6-17-7-11-19(12-8-17)26(3)29(27,28)20-13-9-18(10-14-20)21(22,23)24/h4-6,9-10,13-14,17,19H,1,7-8,11-12,15-16H2,2-3H3/b6-5+/t17-,19-. The number of benzene rings is 1. The summed E-state index contributed by atoms with van der Waals surface area (Å²) in [4.78, 5) is 2.03. The van der Waals surface area contributed by atoms with E-state index >= 15 is 0 Å². The van der Waals surface area contributed by atoms with Crippen molar-refractivity contribution in [3.8, 4) is 0 Å². The monoisotopic (exact) mass is 430 g/mol. The van der Waals surface area contributed by atoms with Gasteiger partial charge in [0.2, 0.25) is 10.0 Å². The Balaban J connectivity index is 1.94. The minimum atomic E-state index is -4.49. The van der Waals surface area contributed by atoms with E-state index in [1.54, 1.807) is 0 Å². The zero-order chi connectivity index (χ0) is 21.7. The molecule has 0 spiro atoms. The van der Waals surface area contributed by atoms with Crippen LogP contribution in [0.3, 0.4) is 0 Å². The van der Waals surface area contributed by atoms with Gasteiger partial charge < -0.3 is 0 Å². The van der Waals surface area contributed by atoms with Gasteiger partial charge in [-0.25, -0.2) is 8.42 Å². The molecule has 1 aromatic carbocycles. The van der Waals surface area contributed by atoms with E-state index in [4.69, 9.17) is 0 Å². The van der Waals surface area contributed by atoms with Gasteiger partial charge in [0.15, 0.2) is 0 Å². The predicted octanol–water partition coefficient (Wildman–Crippen LogP) is 4.56. The van der Waals surface area contributed by atoms with Crippen LogP contribution < -0.4 is 0 Å². The summed E-state index contributed by atoms with van der Waals surface area (Å²) < 4.78 is 65.0. The van der Waals surface area contributed by atoms with Crippen molar-refractivity contribution in [2.45, 2.75) is 42.8 Å². The van der Waals surface area contributed by atoms with Gasteiger partial charge in [-0.15, -0.1) is 6.58 Å². The SMILES string of the molecule is C=CCN(C)C/C=C/[C@H]1CC[C@H](N(C)S(=O)(=O)c2ccc(C(F)(F)F)cc2)CC1. The highest BCUT2D eigenvalue weighted by Crippen LogP contribution is 2.32. The van der Waals surface area contributed by atoms with Crippen molar-refractivity contribution < 1.29 is 21.6 Å². The van der Waals surface area contributed by atoms with Crippen molar-refractivity contribution >= 4 is 10.0 Å². The first-order valence-corrected chi connectivity index (χ1v) is 11.1. The van der Waals surface area contributed by atoms with Gasteiger partial charge in [-0.1, -0.05) is 18.2 Å². The molecule has 0 amide bonds. The highest BCUT2D eigenvalue weighted by molar-refractivity contribution is 7.89. The van der Waals surface area contributed by atoms with Crippen LogP contribution in [0, 0.1) is 5.92 Å². The maximum atomic E-state index is 12.8. The largest absolute Gasteiger partial charge is 0.416 e. The second-order valence-electron chi connectivity index (χ2n) is 7.55. The Kier molecular flexibility index (Phi) is 8.08. The van der Waals surface area contributed by atoms with Gasteiger partial charge in [0, 0.05) is 26.2 Å². The number of rotatable bonds is 8. The fraction of sp³-hybridized carbons (Fsp3) is 0.524. The van der Waals surface area contributed by atoms with Crippen LogP contribution in [0.15, 0.2) is 54.0 Å². The van der Waals surface area contributed by atoms with Crippen molar-refractivity contribution in [2.75, 3.05) is 27.2 Å². The molecular weight excluding hydrogens is 401 g/mol. The van der Waals surface area contributed by atoms with Crippen LogP contribution in [0.1, 0.15) is 31.2 Å². The first-order chi connectivity index (χ1) is 13.6. The van der Waals surface area contributed by atoms with E-state index < -0.39 is 21.8 Å². The molecule has 0 aromatic heterocycles. The Morgan fingerprint density at radius 2 is 1.66 bits per heavy atom. The molecule has 29 heavy (non-hydrogen) atoms. The lowest BCUT2D eigenvalue weighted by atomic mass is 9.86. The summed E-state index contributed by atoms with van der Waals surface area (Å²) in [6.07, 6.45) is 4.93. The van der Waals surface area contributed by atoms with Gasteiger partial charge >= 0.3 is 6.18 Å². The molecule has 1 aromatic rings. The van der Waals surface area contributed by atoms with Crippen LogP contribution in [0.4, 0.5) is 13.2 Å². The minimum Gasteiger partial charge on any atom is -0.299 e. The van der Waals surface area contributed by atoms with Crippen LogP contribution in [0.2, 0.25) is 0 Å². The highest BCUT2D eigenvalue weighted by Gasteiger charge is 2.33. The fourth-order valence-corrected chi connectivity index (χ4v) is 4.98. The second kappa shape index (κ2) is 9.91. The van der Waals surface area contributed by atoms with E-state index in [0.717, 1.165) is 63.0 Å². The molecule has 1 saturated carbocycles. The average molecular weight is 431 g/mol. The van der Waals surface area contributed by atoms with Crippen LogP contribution >= 0.6 is 0 Å². The number of alkyl halides is 3.